The van der Waals surface area contributed by atoms with Crippen LogP contribution in [0.4, 0.5) is 5.13 Å². The molecule has 0 unspecified atom stereocenters. The molecule has 0 aliphatic carbocycles. The fourth-order valence-corrected chi connectivity index (χ4v) is 3.50. The zero-order valence-corrected chi connectivity index (χ0v) is 17.0. The maximum Gasteiger partial charge on any atom is 0.268 e. The van der Waals surface area contributed by atoms with Gasteiger partial charge in [-0.15, -0.1) is 11.3 Å². The zero-order chi connectivity index (χ0) is 19.2. The maximum absolute atomic E-state index is 12.4. The molecule has 1 amide bonds. The SMILES string of the molecule is Cc1ccc(C=C(C#N)C(=O)Nc2ncc(Cc3ccc(Br)cc3)s2)cc1. The van der Waals surface area contributed by atoms with E-state index in [9.17, 15) is 10.1 Å². The predicted molar refractivity (Wildman–Crippen MR) is 112 cm³/mol. The summed E-state index contributed by atoms with van der Waals surface area (Å²) in [6.07, 6.45) is 4.06. The highest BCUT2D eigenvalue weighted by Gasteiger charge is 2.12. The number of halogens is 1. The van der Waals surface area contributed by atoms with Crippen molar-refractivity contribution in [3.63, 3.8) is 0 Å². The van der Waals surface area contributed by atoms with E-state index in [-0.39, 0.29) is 5.57 Å². The van der Waals surface area contributed by atoms with Gasteiger partial charge in [0, 0.05) is 22.0 Å². The van der Waals surface area contributed by atoms with Gasteiger partial charge in [0.25, 0.3) is 5.91 Å². The molecule has 134 valence electrons. The van der Waals surface area contributed by atoms with E-state index >= 15 is 0 Å². The molecule has 0 atom stereocenters. The van der Waals surface area contributed by atoms with Crippen molar-refractivity contribution in [3.05, 3.63) is 86.3 Å². The highest BCUT2D eigenvalue weighted by molar-refractivity contribution is 9.10. The van der Waals surface area contributed by atoms with Crippen LogP contribution in [-0.2, 0) is 11.2 Å². The summed E-state index contributed by atoms with van der Waals surface area (Å²) in [6, 6.07) is 17.7. The molecule has 2 aromatic carbocycles. The van der Waals surface area contributed by atoms with Gasteiger partial charge in [-0.25, -0.2) is 4.98 Å². The standard InChI is InChI=1S/C21H16BrN3OS/c1-14-2-4-15(5-3-14)10-17(12-23)20(26)25-21-24-13-19(27-21)11-16-6-8-18(22)9-7-16/h2-10,13H,11H2,1H3,(H,24,25,26). The number of aryl methyl sites for hydroxylation is 1. The Morgan fingerprint density at radius 3 is 2.59 bits per heavy atom. The van der Waals surface area contributed by atoms with Crippen molar-refractivity contribution in [1.82, 2.24) is 4.98 Å². The number of carbonyl (C=O) groups is 1. The Kier molecular flexibility index (Phi) is 6.17. The first-order chi connectivity index (χ1) is 13.0. The van der Waals surface area contributed by atoms with Crippen molar-refractivity contribution in [2.45, 2.75) is 13.3 Å². The molecule has 1 N–H and O–H groups in total. The number of nitrogens with one attached hydrogen (secondary N) is 1. The van der Waals surface area contributed by atoms with Crippen molar-refractivity contribution in [2.75, 3.05) is 5.32 Å². The normalized spacial score (nSPS) is 11.1. The molecule has 0 saturated heterocycles. The van der Waals surface area contributed by atoms with Crippen LogP contribution in [0.15, 0.2) is 64.8 Å². The molecule has 6 heteroatoms. The lowest BCUT2D eigenvalue weighted by molar-refractivity contribution is -0.112. The number of hydrogen-bond acceptors (Lipinski definition) is 4. The Hall–Kier alpha value is -2.75. The molecule has 1 heterocycles. The Morgan fingerprint density at radius 2 is 1.93 bits per heavy atom. The maximum atomic E-state index is 12.4. The third-order valence-electron chi connectivity index (χ3n) is 3.82. The molecule has 0 saturated carbocycles. The van der Waals surface area contributed by atoms with Crippen LogP contribution in [0.5, 0.6) is 0 Å². The summed E-state index contributed by atoms with van der Waals surface area (Å²) in [7, 11) is 0. The van der Waals surface area contributed by atoms with E-state index in [1.165, 1.54) is 11.3 Å². The number of thiazole rings is 1. The van der Waals surface area contributed by atoms with Crippen LogP contribution < -0.4 is 5.32 Å². The van der Waals surface area contributed by atoms with Gasteiger partial charge in [-0.05, 0) is 36.3 Å². The van der Waals surface area contributed by atoms with Gasteiger partial charge in [0.1, 0.15) is 11.6 Å². The Labute approximate surface area is 170 Å². The number of aromatic nitrogens is 1. The van der Waals surface area contributed by atoms with E-state index in [1.54, 1.807) is 12.3 Å². The molecule has 1 aromatic heterocycles. The highest BCUT2D eigenvalue weighted by atomic mass is 79.9. The molecule has 0 radical (unpaired) electrons. The summed E-state index contributed by atoms with van der Waals surface area (Å²) < 4.78 is 1.04. The van der Waals surface area contributed by atoms with Gasteiger partial charge in [-0.1, -0.05) is 57.9 Å². The second kappa shape index (κ2) is 8.76. The summed E-state index contributed by atoms with van der Waals surface area (Å²) in [5.74, 6) is -0.456. The lowest BCUT2D eigenvalue weighted by atomic mass is 10.1. The van der Waals surface area contributed by atoms with Crippen molar-refractivity contribution in [2.24, 2.45) is 0 Å². The van der Waals surface area contributed by atoms with Crippen molar-refractivity contribution < 1.29 is 4.79 Å². The molecule has 3 aromatic rings. The van der Waals surface area contributed by atoms with E-state index in [0.717, 1.165) is 32.5 Å². The molecule has 0 fully saturated rings. The minimum atomic E-state index is -0.456. The summed E-state index contributed by atoms with van der Waals surface area (Å²) >= 11 is 4.83. The number of anilines is 1. The molecular weight excluding hydrogens is 422 g/mol. The second-order valence-corrected chi connectivity index (χ2v) is 8.00. The molecule has 4 nitrogen and oxygen atoms in total. The summed E-state index contributed by atoms with van der Waals surface area (Å²) in [4.78, 5) is 17.7. The lowest BCUT2D eigenvalue weighted by Crippen LogP contribution is -2.13. The van der Waals surface area contributed by atoms with Crippen molar-refractivity contribution in [1.29, 1.82) is 5.26 Å². The molecule has 27 heavy (non-hydrogen) atoms. The quantitative estimate of drug-likeness (QED) is 0.431. The molecule has 0 aliphatic heterocycles. The van der Waals surface area contributed by atoms with Gasteiger partial charge < -0.3 is 0 Å². The van der Waals surface area contributed by atoms with E-state index in [4.69, 9.17) is 0 Å². The van der Waals surface area contributed by atoms with Crippen molar-refractivity contribution in [3.8, 4) is 6.07 Å². The number of nitrogens with zero attached hydrogens (tertiary/aromatic N) is 2. The summed E-state index contributed by atoms with van der Waals surface area (Å²) in [5, 5.41) is 12.5. The van der Waals surface area contributed by atoms with Crippen LogP contribution in [0.1, 0.15) is 21.6 Å². The van der Waals surface area contributed by atoms with Gasteiger partial charge in [0.05, 0.1) is 0 Å². The van der Waals surface area contributed by atoms with Crippen LogP contribution in [0, 0.1) is 18.3 Å². The monoisotopic (exact) mass is 437 g/mol. The Balaban J connectivity index is 1.68. The van der Waals surface area contributed by atoms with E-state index in [2.05, 4.69) is 26.2 Å². The molecule has 0 bridgehead atoms. The van der Waals surface area contributed by atoms with Crippen LogP contribution in [0.25, 0.3) is 6.08 Å². The number of nitriles is 1. The average Bonchev–Trinajstić information content (AvgIpc) is 3.10. The van der Waals surface area contributed by atoms with E-state index in [0.29, 0.717) is 5.13 Å². The smallest absolute Gasteiger partial charge is 0.268 e. The lowest BCUT2D eigenvalue weighted by Gasteiger charge is -2.01. The largest absolute Gasteiger partial charge is 0.297 e. The molecule has 3 rings (SSSR count). The fourth-order valence-electron chi connectivity index (χ4n) is 2.39. The summed E-state index contributed by atoms with van der Waals surface area (Å²) in [5.41, 5.74) is 3.14. The number of carbonyl (C=O) groups excluding carboxylic acids is 1. The summed E-state index contributed by atoms with van der Waals surface area (Å²) in [6.45, 7) is 1.99. The van der Waals surface area contributed by atoms with Crippen LogP contribution >= 0.6 is 27.3 Å². The van der Waals surface area contributed by atoms with Gasteiger partial charge in [0.2, 0.25) is 0 Å². The van der Waals surface area contributed by atoms with Crippen LogP contribution in [0.3, 0.4) is 0 Å². The number of benzene rings is 2. The van der Waals surface area contributed by atoms with E-state index < -0.39 is 5.91 Å². The number of rotatable bonds is 5. The minimum Gasteiger partial charge on any atom is -0.297 e. The first-order valence-corrected chi connectivity index (χ1v) is 9.83. The Bertz CT molecular complexity index is 1010. The van der Waals surface area contributed by atoms with E-state index in [1.807, 2.05) is 61.5 Å². The third kappa shape index (κ3) is 5.36. The van der Waals surface area contributed by atoms with Crippen LogP contribution in [-0.4, -0.2) is 10.9 Å². The predicted octanol–water partition coefficient (Wildman–Crippen LogP) is 5.35. The highest BCUT2D eigenvalue weighted by Crippen LogP contribution is 2.22. The van der Waals surface area contributed by atoms with Gasteiger partial charge >= 0.3 is 0 Å². The molecule has 0 spiro atoms. The Morgan fingerprint density at radius 1 is 1.22 bits per heavy atom. The number of amides is 1. The fraction of sp³-hybridized carbons (Fsp3) is 0.0952. The van der Waals surface area contributed by atoms with Gasteiger partial charge in [0.15, 0.2) is 5.13 Å². The third-order valence-corrected chi connectivity index (χ3v) is 5.26. The average molecular weight is 438 g/mol. The molecular formula is C21H16BrN3OS. The number of hydrogen-bond donors (Lipinski definition) is 1. The van der Waals surface area contributed by atoms with Crippen LogP contribution in [0.2, 0.25) is 0 Å². The minimum absolute atomic E-state index is 0.0449. The topological polar surface area (TPSA) is 65.8 Å². The second-order valence-electron chi connectivity index (χ2n) is 5.97. The first-order valence-electron chi connectivity index (χ1n) is 8.22. The zero-order valence-electron chi connectivity index (χ0n) is 14.6. The van der Waals surface area contributed by atoms with Gasteiger partial charge in [-0.3, -0.25) is 10.1 Å². The van der Waals surface area contributed by atoms with Crippen molar-refractivity contribution >= 4 is 44.4 Å². The molecule has 0 aliphatic rings. The van der Waals surface area contributed by atoms with Gasteiger partial charge in [-0.2, -0.15) is 5.26 Å². The first kappa shape index (κ1) is 19.0.